The monoisotopic (exact) mass is 446 g/mol. The molecule has 0 aromatic heterocycles. The van der Waals surface area contributed by atoms with E-state index in [0.29, 0.717) is 28.3 Å². The fourth-order valence-electron chi connectivity index (χ4n) is 5.00. The Bertz CT molecular complexity index is 1070. The molecule has 2 aromatic carbocycles. The van der Waals surface area contributed by atoms with E-state index in [9.17, 15) is 13.2 Å². The summed E-state index contributed by atoms with van der Waals surface area (Å²) in [6, 6.07) is 13.1. The number of carbonyl (C=O) groups excluding carboxylic acids is 1. The Morgan fingerprint density at radius 3 is 2.53 bits per heavy atom. The minimum absolute atomic E-state index is 0.0748. The minimum Gasteiger partial charge on any atom is -0.476 e. The number of carbonyl (C=O) groups is 1. The minimum atomic E-state index is -3.88. The number of fused-ring (bicyclic) bond motifs is 3. The largest absolute Gasteiger partial charge is 0.476 e. The van der Waals surface area contributed by atoms with Crippen molar-refractivity contribution in [3.8, 4) is 5.75 Å². The molecule has 1 aliphatic heterocycles. The third kappa shape index (κ3) is 3.44. The second-order valence-electron chi connectivity index (χ2n) is 8.35. The van der Waals surface area contributed by atoms with Crippen LogP contribution in [0.3, 0.4) is 0 Å². The molecule has 1 heterocycles. The molecule has 1 N–H and O–H groups in total. The summed E-state index contributed by atoms with van der Waals surface area (Å²) >= 11 is 5.92. The molecule has 8 heteroatoms. The van der Waals surface area contributed by atoms with Crippen molar-refractivity contribution in [2.75, 3.05) is 10.8 Å². The zero-order valence-corrected chi connectivity index (χ0v) is 17.9. The standard InChI is InChI=1S/C22H23ClN2O4S/c23-16-7-9-17(10-8-16)30(27,28)25-13-21(29-20-4-2-1-3-19(20)25)22(26)24-18-12-14-5-6-15(18)11-14/h1-4,7-10,14-15,18,21H,5-6,11-13H2,(H,24,26)/t14-,15-,18+,21+/m1/s1. The normalized spacial score (nSPS) is 27.4. The summed E-state index contributed by atoms with van der Waals surface area (Å²) < 4.78 is 33.9. The SMILES string of the molecule is O=C(N[C@H]1C[C@@H]2CC[C@@H]1C2)[C@@H]1CN(S(=O)(=O)c2ccc(Cl)cc2)c2ccccc2O1. The Kier molecular flexibility index (Phi) is 4.90. The van der Waals surface area contributed by atoms with E-state index in [4.69, 9.17) is 16.3 Å². The Morgan fingerprint density at radius 1 is 1.07 bits per heavy atom. The zero-order chi connectivity index (χ0) is 20.9. The second-order valence-corrected chi connectivity index (χ2v) is 10.7. The molecule has 5 rings (SSSR count). The van der Waals surface area contributed by atoms with Gasteiger partial charge in [0.25, 0.3) is 15.9 Å². The van der Waals surface area contributed by atoms with Gasteiger partial charge in [-0.25, -0.2) is 8.42 Å². The molecule has 6 nitrogen and oxygen atoms in total. The second kappa shape index (κ2) is 7.46. The molecule has 4 atom stereocenters. The summed E-state index contributed by atoms with van der Waals surface area (Å²) in [6.45, 7) is -0.0748. The molecule has 2 aliphatic carbocycles. The van der Waals surface area contributed by atoms with E-state index < -0.39 is 16.1 Å². The smallest absolute Gasteiger partial charge is 0.264 e. The summed E-state index contributed by atoms with van der Waals surface area (Å²) in [7, 11) is -3.88. The molecule has 3 aliphatic rings. The lowest BCUT2D eigenvalue weighted by molar-refractivity contribution is -0.128. The fraction of sp³-hybridized carbons (Fsp3) is 0.409. The summed E-state index contributed by atoms with van der Waals surface area (Å²) in [5.41, 5.74) is 0.427. The Morgan fingerprint density at radius 2 is 1.83 bits per heavy atom. The average Bonchev–Trinajstić information content (AvgIpc) is 3.36. The highest BCUT2D eigenvalue weighted by atomic mass is 35.5. The highest BCUT2D eigenvalue weighted by Gasteiger charge is 2.43. The molecule has 2 fully saturated rings. The molecule has 2 saturated carbocycles. The van der Waals surface area contributed by atoms with Gasteiger partial charge < -0.3 is 10.1 Å². The van der Waals surface area contributed by atoms with Gasteiger partial charge in [0, 0.05) is 11.1 Å². The van der Waals surface area contributed by atoms with Crippen LogP contribution in [-0.4, -0.2) is 33.0 Å². The maximum atomic E-state index is 13.4. The van der Waals surface area contributed by atoms with Crippen LogP contribution in [0.2, 0.25) is 5.02 Å². The van der Waals surface area contributed by atoms with Crippen LogP contribution in [0, 0.1) is 11.8 Å². The predicted octanol–water partition coefficient (Wildman–Crippen LogP) is 3.60. The Labute approximate surface area is 181 Å². The van der Waals surface area contributed by atoms with E-state index in [2.05, 4.69) is 5.32 Å². The highest BCUT2D eigenvalue weighted by molar-refractivity contribution is 7.92. The van der Waals surface area contributed by atoms with Crippen LogP contribution in [0.15, 0.2) is 53.4 Å². The zero-order valence-electron chi connectivity index (χ0n) is 16.3. The lowest BCUT2D eigenvalue weighted by Gasteiger charge is -2.35. The van der Waals surface area contributed by atoms with E-state index in [1.165, 1.54) is 29.3 Å². The highest BCUT2D eigenvalue weighted by Crippen LogP contribution is 2.44. The van der Waals surface area contributed by atoms with Crippen molar-refractivity contribution >= 4 is 33.2 Å². The van der Waals surface area contributed by atoms with Crippen molar-refractivity contribution < 1.29 is 17.9 Å². The van der Waals surface area contributed by atoms with E-state index in [1.54, 1.807) is 36.4 Å². The predicted molar refractivity (Wildman–Crippen MR) is 114 cm³/mol. The third-order valence-corrected chi connectivity index (χ3v) is 8.54. The number of anilines is 1. The van der Waals surface area contributed by atoms with Crippen molar-refractivity contribution in [3.63, 3.8) is 0 Å². The van der Waals surface area contributed by atoms with Crippen molar-refractivity contribution in [1.82, 2.24) is 5.32 Å². The number of hydrogen-bond acceptors (Lipinski definition) is 4. The molecule has 0 radical (unpaired) electrons. The first-order chi connectivity index (χ1) is 14.4. The van der Waals surface area contributed by atoms with Crippen molar-refractivity contribution in [2.24, 2.45) is 11.8 Å². The van der Waals surface area contributed by atoms with Gasteiger partial charge in [-0.2, -0.15) is 0 Å². The van der Waals surface area contributed by atoms with Crippen LogP contribution in [-0.2, 0) is 14.8 Å². The summed E-state index contributed by atoms with van der Waals surface area (Å²) in [4.78, 5) is 13.1. The van der Waals surface area contributed by atoms with Gasteiger partial charge in [-0.1, -0.05) is 30.2 Å². The average molecular weight is 447 g/mol. The number of sulfonamides is 1. The number of hydrogen-bond donors (Lipinski definition) is 1. The number of benzene rings is 2. The first kappa shape index (κ1) is 19.7. The quantitative estimate of drug-likeness (QED) is 0.778. The molecule has 0 unspecified atom stereocenters. The molecule has 2 aromatic rings. The lowest BCUT2D eigenvalue weighted by atomic mass is 9.95. The molecule has 0 spiro atoms. The van der Waals surface area contributed by atoms with Gasteiger partial charge in [0.05, 0.1) is 17.1 Å². The van der Waals surface area contributed by atoms with Gasteiger partial charge in [0.15, 0.2) is 6.10 Å². The van der Waals surface area contributed by atoms with E-state index >= 15 is 0 Å². The molecule has 30 heavy (non-hydrogen) atoms. The van der Waals surface area contributed by atoms with Gasteiger partial charge in [-0.15, -0.1) is 0 Å². The van der Waals surface area contributed by atoms with E-state index in [1.807, 2.05) is 0 Å². The maximum Gasteiger partial charge on any atom is 0.264 e. The lowest BCUT2D eigenvalue weighted by Crippen LogP contribution is -2.53. The van der Waals surface area contributed by atoms with Crippen molar-refractivity contribution in [3.05, 3.63) is 53.6 Å². The van der Waals surface area contributed by atoms with E-state index in [-0.39, 0.29) is 23.4 Å². The first-order valence-corrected chi connectivity index (χ1v) is 12.1. The Balaban J connectivity index is 1.42. The molecule has 158 valence electrons. The number of ether oxygens (including phenoxy) is 1. The topological polar surface area (TPSA) is 75.7 Å². The molecule has 2 bridgehead atoms. The number of halogens is 1. The summed E-state index contributed by atoms with van der Waals surface area (Å²) in [5, 5.41) is 3.59. The maximum absolute atomic E-state index is 13.4. The van der Waals surface area contributed by atoms with Gasteiger partial charge in [-0.3, -0.25) is 9.10 Å². The summed E-state index contributed by atoms with van der Waals surface area (Å²) in [6.07, 6.45) is 3.68. The van der Waals surface area contributed by atoms with Crippen LogP contribution in [0.25, 0.3) is 0 Å². The molecular formula is C22H23ClN2O4S. The van der Waals surface area contributed by atoms with Crippen molar-refractivity contribution in [2.45, 2.75) is 42.7 Å². The van der Waals surface area contributed by atoms with Crippen LogP contribution in [0.4, 0.5) is 5.69 Å². The van der Waals surface area contributed by atoms with Gasteiger partial charge in [0.1, 0.15) is 5.75 Å². The summed E-state index contributed by atoms with van der Waals surface area (Å²) in [5.74, 6) is 1.37. The van der Waals surface area contributed by atoms with Crippen LogP contribution < -0.4 is 14.4 Å². The van der Waals surface area contributed by atoms with E-state index in [0.717, 1.165) is 12.8 Å². The molecule has 1 amide bonds. The van der Waals surface area contributed by atoms with Crippen molar-refractivity contribution in [1.29, 1.82) is 0 Å². The van der Waals surface area contributed by atoms with Crippen LogP contribution >= 0.6 is 11.6 Å². The number of nitrogens with zero attached hydrogens (tertiary/aromatic N) is 1. The van der Waals surface area contributed by atoms with Crippen LogP contribution in [0.5, 0.6) is 5.75 Å². The van der Waals surface area contributed by atoms with Gasteiger partial charge >= 0.3 is 0 Å². The number of para-hydroxylation sites is 2. The van der Waals surface area contributed by atoms with Crippen LogP contribution in [0.1, 0.15) is 25.7 Å². The number of nitrogens with one attached hydrogen (secondary N) is 1. The number of rotatable bonds is 4. The van der Waals surface area contributed by atoms with Gasteiger partial charge in [-0.05, 0) is 67.5 Å². The number of amides is 1. The Hall–Kier alpha value is -2.25. The fourth-order valence-corrected chi connectivity index (χ4v) is 6.60. The third-order valence-electron chi connectivity index (χ3n) is 6.49. The first-order valence-electron chi connectivity index (χ1n) is 10.3. The molecular weight excluding hydrogens is 424 g/mol. The van der Waals surface area contributed by atoms with Gasteiger partial charge in [0.2, 0.25) is 0 Å². The molecule has 0 saturated heterocycles.